The number of hydrogen-bond acceptors (Lipinski definition) is 9. The van der Waals surface area contributed by atoms with E-state index in [0.717, 1.165) is 14.3 Å². The first kappa shape index (κ1) is 14.2. The van der Waals surface area contributed by atoms with E-state index in [4.69, 9.17) is 4.42 Å². The quantitative estimate of drug-likeness (QED) is 0.671. The number of hydrogen-bond donors (Lipinski definition) is 1. The largest absolute Gasteiger partial charge is 0.419 e. The Bertz CT molecular complexity index is 749. The number of thioether (sulfide) groups is 1. The highest BCUT2D eigenvalue weighted by Gasteiger charge is 2.23. The lowest BCUT2D eigenvalue weighted by Crippen LogP contribution is -1.99. The van der Waals surface area contributed by atoms with Gasteiger partial charge in [0, 0.05) is 6.04 Å². The first-order chi connectivity index (χ1) is 10.8. The number of nitrogens with one attached hydrogen (secondary N) is 1. The van der Waals surface area contributed by atoms with E-state index in [-0.39, 0.29) is 5.25 Å². The molecule has 22 heavy (non-hydrogen) atoms. The molecule has 4 rings (SSSR count). The molecule has 9 heteroatoms. The second-order valence-electron chi connectivity index (χ2n) is 4.97. The molecular weight excluding hydrogens is 338 g/mol. The molecule has 1 aliphatic carbocycles. The summed E-state index contributed by atoms with van der Waals surface area (Å²) in [7, 11) is 0. The van der Waals surface area contributed by atoms with Gasteiger partial charge in [-0.25, -0.2) is 0 Å². The Hall–Kier alpha value is -1.45. The van der Waals surface area contributed by atoms with Crippen molar-refractivity contribution in [2.45, 2.75) is 35.4 Å². The van der Waals surface area contributed by atoms with Crippen molar-refractivity contribution in [2.24, 2.45) is 0 Å². The molecule has 6 nitrogen and oxygen atoms in total. The van der Waals surface area contributed by atoms with E-state index < -0.39 is 0 Å². The Kier molecular flexibility index (Phi) is 3.85. The predicted molar refractivity (Wildman–Crippen MR) is 88.4 cm³/mol. The normalized spacial score (nSPS) is 15.9. The highest BCUT2D eigenvalue weighted by molar-refractivity contribution is 8.01. The van der Waals surface area contributed by atoms with E-state index in [1.165, 1.54) is 12.8 Å². The summed E-state index contributed by atoms with van der Waals surface area (Å²) in [4.78, 5) is 0.989. The number of nitrogens with zero attached hydrogens (tertiary/aromatic N) is 4. The fraction of sp³-hybridized carbons (Fsp3) is 0.385. The minimum Gasteiger partial charge on any atom is -0.419 e. The van der Waals surface area contributed by atoms with Gasteiger partial charge in [0.25, 0.3) is 5.89 Å². The van der Waals surface area contributed by atoms with Crippen LogP contribution in [0.2, 0.25) is 0 Å². The molecule has 1 N–H and O–H groups in total. The van der Waals surface area contributed by atoms with Crippen LogP contribution >= 0.6 is 34.4 Å². The van der Waals surface area contributed by atoms with Crippen LogP contribution < -0.4 is 5.32 Å². The van der Waals surface area contributed by atoms with Crippen molar-refractivity contribution < 1.29 is 4.42 Å². The van der Waals surface area contributed by atoms with E-state index in [0.29, 0.717) is 17.8 Å². The zero-order valence-electron chi connectivity index (χ0n) is 11.7. The maximum Gasteiger partial charge on any atom is 0.257 e. The van der Waals surface area contributed by atoms with E-state index in [2.05, 4.69) is 25.7 Å². The number of thiophene rings is 1. The summed E-state index contributed by atoms with van der Waals surface area (Å²) in [5.41, 5.74) is 0. The Balaban J connectivity index is 1.43. The van der Waals surface area contributed by atoms with Gasteiger partial charge in [0.15, 0.2) is 4.34 Å². The van der Waals surface area contributed by atoms with Crippen LogP contribution in [0.1, 0.15) is 30.9 Å². The summed E-state index contributed by atoms with van der Waals surface area (Å²) in [6, 6.07) is 4.53. The molecule has 3 aromatic rings. The van der Waals surface area contributed by atoms with E-state index in [9.17, 15) is 0 Å². The average molecular weight is 351 g/mol. The molecule has 0 aromatic carbocycles. The third-order valence-corrected chi connectivity index (χ3v) is 5.99. The SMILES string of the molecule is CC(Sc1nnc(NC2CC2)s1)c1nnc(-c2cccs2)o1. The van der Waals surface area contributed by atoms with Crippen molar-refractivity contribution in [3.63, 3.8) is 0 Å². The molecule has 0 radical (unpaired) electrons. The lowest BCUT2D eigenvalue weighted by Gasteiger charge is -2.01. The maximum atomic E-state index is 5.75. The van der Waals surface area contributed by atoms with Crippen molar-refractivity contribution in [1.29, 1.82) is 0 Å². The van der Waals surface area contributed by atoms with Gasteiger partial charge in [-0.1, -0.05) is 29.2 Å². The third kappa shape index (κ3) is 3.16. The highest BCUT2D eigenvalue weighted by Crippen LogP contribution is 2.38. The monoisotopic (exact) mass is 351 g/mol. The van der Waals surface area contributed by atoms with E-state index in [1.54, 1.807) is 34.4 Å². The molecular formula is C13H13N5OS3. The van der Waals surface area contributed by atoms with E-state index >= 15 is 0 Å². The molecule has 1 aliphatic rings. The Morgan fingerprint density at radius 2 is 2.23 bits per heavy atom. The van der Waals surface area contributed by atoms with Crippen LogP contribution in [0.5, 0.6) is 0 Å². The van der Waals surface area contributed by atoms with Gasteiger partial charge >= 0.3 is 0 Å². The third-order valence-electron chi connectivity index (χ3n) is 3.11. The van der Waals surface area contributed by atoms with Crippen molar-refractivity contribution in [1.82, 2.24) is 20.4 Å². The summed E-state index contributed by atoms with van der Waals surface area (Å²) in [6.45, 7) is 2.03. The number of anilines is 1. The number of rotatable bonds is 6. The van der Waals surface area contributed by atoms with Crippen LogP contribution in [0.15, 0.2) is 26.3 Å². The average Bonchev–Trinajstić information content (AvgIpc) is 2.96. The standard InChI is InChI=1S/C13H13N5OS3/c1-7(10-15-16-11(19-10)9-3-2-6-20-9)21-13-18-17-12(22-13)14-8-4-5-8/h2-3,6-8H,4-5H2,1H3,(H,14,17). The first-order valence-electron chi connectivity index (χ1n) is 6.92. The summed E-state index contributed by atoms with van der Waals surface area (Å²) in [5.74, 6) is 1.19. The molecule has 3 aromatic heterocycles. The number of aromatic nitrogens is 4. The second kappa shape index (κ2) is 5.98. The fourth-order valence-electron chi connectivity index (χ4n) is 1.82. The minimum absolute atomic E-state index is 0.0444. The van der Waals surface area contributed by atoms with Gasteiger partial charge in [-0.3, -0.25) is 0 Å². The van der Waals surface area contributed by atoms with Gasteiger partial charge in [-0.15, -0.1) is 31.7 Å². The Morgan fingerprint density at radius 1 is 1.32 bits per heavy atom. The van der Waals surface area contributed by atoms with Crippen LogP contribution in [0.3, 0.4) is 0 Å². The zero-order chi connectivity index (χ0) is 14.9. The topological polar surface area (TPSA) is 76.7 Å². The van der Waals surface area contributed by atoms with Crippen molar-refractivity contribution in [3.8, 4) is 10.8 Å². The summed E-state index contributed by atoms with van der Waals surface area (Å²) in [6.07, 6.45) is 2.46. The van der Waals surface area contributed by atoms with Crippen molar-refractivity contribution in [3.05, 3.63) is 23.4 Å². The lowest BCUT2D eigenvalue weighted by molar-refractivity contribution is 0.510. The van der Waals surface area contributed by atoms with Crippen molar-refractivity contribution in [2.75, 3.05) is 5.32 Å². The smallest absolute Gasteiger partial charge is 0.257 e. The van der Waals surface area contributed by atoms with Gasteiger partial charge < -0.3 is 9.73 Å². The van der Waals surface area contributed by atoms with Gasteiger partial charge in [0.05, 0.1) is 10.1 Å². The van der Waals surface area contributed by atoms with Gasteiger partial charge in [0.2, 0.25) is 11.0 Å². The molecule has 1 saturated carbocycles. The molecule has 0 saturated heterocycles. The molecule has 3 heterocycles. The molecule has 0 aliphatic heterocycles. The maximum absolute atomic E-state index is 5.75. The zero-order valence-corrected chi connectivity index (χ0v) is 14.2. The Labute approximate surface area is 139 Å². The molecule has 1 atom stereocenters. The highest BCUT2D eigenvalue weighted by atomic mass is 32.2. The van der Waals surface area contributed by atoms with Crippen molar-refractivity contribution >= 4 is 39.6 Å². The van der Waals surface area contributed by atoms with Gasteiger partial charge in [-0.05, 0) is 31.2 Å². The molecule has 1 fully saturated rings. The summed E-state index contributed by atoms with van der Waals surface area (Å²) in [5, 5.41) is 22.9. The van der Waals surface area contributed by atoms with Crippen LogP contribution in [-0.2, 0) is 0 Å². The molecule has 114 valence electrons. The first-order valence-corrected chi connectivity index (χ1v) is 9.49. The van der Waals surface area contributed by atoms with Crippen LogP contribution in [0.25, 0.3) is 10.8 Å². The van der Waals surface area contributed by atoms with Gasteiger partial charge in [-0.2, -0.15) is 0 Å². The fourth-order valence-corrected chi connectivity index (χ4v) is 4.47. The lowest BCUT2D eigenvalue weighted by atomic mass is 10.5. The van der Waals surface area contributed by atoms with Crippen LogP contribution in [0, 0.1) is 0 Å². The molecule has 0 spiro atoms. The van der Waals surface area contributed by atoms with E-state index in [1.807, 2.05) is 24.4 Å². The molecule has 1 unspecified atom stereocenters. The molecule has 0 bridgehead atoms. The van der Waals surface area contributed by atoms with Crippen LogP contribution in [-0.4, -0.2) is 26.4 Å². The second-order valence-corrected chi connectivity index (χ2v) is 8.49. The minimum atomic E-state index is 0.0444. The summed E-state index contributed by atoms with van der Waals surface area (Å²) >= 11 is 4.75. The Morgan fingerprint density at radius 3 is 3.00 bits per heavy atom. The molecule has 0 amide bonds. The van der Waals surface area contributed by atoms with Crippen LogP contribution in [0.4, 0.5) is 5.13 Å². The summed E-state index contributed by atoms with van der Waals surface area (Å²) < 4.78 is 6.66. The predicted octanol–water partition coefficient (Wildman–Crippen LogP) is 4.08. The van der Waals surface area contributed by atoms with Gasteiger partial charge in [0.1, 0.15) is 0 Å².